The first-order chi connectivity index (χ1) is 13.6. The highest BCUT2D eigenvalue weighted by atomic mass is 19.1. The number of anilines is 2. The summed E-state index contributed by atoms with van der Waals surface area (Å²) in [5, 5.41) is 7.58. The number of nitrogens with two attached hydrogens (primary N) is 1. The van der Waals surface area contributed by atoms with E-state index in [9.17, 15) is 4.39 Å². The van der Waals surface area contributed by atoms with Gasteiger partial charge in [-0.15, -0.1) is 0 Å². The van der Waals surface area contributed by atoms with Crippen LogP contribution in [0.1, 0.15) is 24.4 Å². The van der Waals surface area contributed by atoms with E-state index in [1.54, 1.807) is 10.9 Å². The number of hydrogen-bond acceptors (Lipinski definition) is 6. The number of halogens is 1. The molecule has 1 saturated heterocycles. The van der Waals surface area contributed by atoms with Crippen molar-refractivity contribution in [1.29, 1.82) is 0 Å². The molecule has 0 radical (unpaired) electrons. The maximum Gasteiger partial charge on any atom is 0.222 e. The van der Waals surface area contributed by atoms with Crippen molar-refractivity contribution in [1.82, 2.24) is 24.6 Å². The van der Waals surface area contributed by atoms with Crippen LogP contribution in [0.25, 0.3) is 11.3 Å². The topological polar surface area (TPSA) is 84.9 Å². The Morgan fingerprint density at radius 2 is 1.93 bits per heavy atom. The molecule has 1 unspecified atom stereocenters. The Morgan fingerprint density at radius 1 is 1.18 bits per heavy atom. The van der Waals surface area contributed by atoms with E-state index in [4.69, 9.17) is 5.73 Å². The zero-order valence-corrected chi connectivity index (χ0v) is 15.8. The van der Waals surface area contributed by atoms with E-state index in [0.717, 1.165) is 29.9 Å². The number of aromatic nitrogens is 4. The van der Waals surface area contributed by atoms with Gasteiger partial charge in [0.15, 0.2) is 0 Å². The van der Waals surface area contributed by atoms with Crippen molar-refractivity contribution >= 4 is 11.8 Å². The van der Waals surface area contributed by atoms with Crippen molar-refractivity contribution in [3.05, 3.63) is 54.1 Å². The number of nitrogens with zero attached hydrogens (tertiary/aromatic N) is 5. The fourth-order valence-electron chi connectivity index (χ4n) is 3.66. The average Bonchev–Trinajstić information content (AvgIpc) is 3.35. The van der Waals surface area contributed by atoms with Gasteiger partial charge in [-0.2, -0.15) is 10.1 Å². The van der Waals surface area contributed by atoms with Crippen LogP contribution >= 0.6 is 0 Å². The largest absolute Gasteiger partial charge is 0.368 e. The monoisotopic (exact) mass is 381 g/mol. The molecule has 3 aromatic rings. The van der Waals surface area contributed by atoms with Gasteiger partial charge in [-0.3, -0.25) is 9.58 Å². The molecule has 1 fully saturated rings. The number of nitrogens with one attached hydrogen (secondary N) is 1. The lowest BCUT2D eigenvalue weighted by atomic mass is 10.1. The molecule has 4 rings (SSSR count). The quantitative estimate of drug-likeness (QED) is 0.683. The molecule has 8 heteroatoms. The molecule has 0 aliphatic carbocycles. The van der Waals surface area contributed by atoms with Gasteiger partial charge in [0.25, 0.3) is 0 Å². The number of benzene rings is 1. The Labute approximate surface area is 163 Å². The van der Waals surface area contributed by atoms with Crippen molar-refractivity contribution in [2.45, 2.75) is 18.9 Å². The minimum absolute atomic E-state index is 0.140. The Bertz CT molecular complexity index is 932. The number of likely N-dealkylation sites (tertiary alicyclic amines) is 1. The SMILES string of the molecule is Cn1cc(-c2cc(NCC(c3ccc(F)cc3)N3CCCC3)nc(N)n2)cn1. The van der Waals surface area contributed by atoms with Gasteiger partial charge in [0.05, 0.1) is 17.9 Å². The van der Waals surface area contributed by atoms with Crippen LogP contribution < -0.4 is 11.1 Å². The summed E-state index contributed by atoms with van der Waals surface area (Å²) in [6.45, 7) is 2.72. The standard InChI is InChI=1S/C20H24FN7/c1-27-13-15(11-24-27)17-10-19(26-20(22)25-17)23-12-18(28-8-2-3-9-28)14-4-6-16(21)7-5-14/h4-7,10-11,13,18H,2-3,8-9,12H2,1H3,(H3,22,23,25,26). The van der Waals surface area contributed by atoms with Gasteiger partial charge in [0.1, 0.15) is 11.6 Å². The van der Waals surface area contributed by atoms with Gasteiger partial charge in [-0.25, -0.2) is 9.37 Å². The van der Waals surface area contributed by atoms with Gasteiger partial charge in [-0.1, -0.05) is 12.1 Å². The number of hydrogen-bond donors (Lipinski definition) is 2. The fraction of sp³-hybridized carbons (Fsp3) is 0.350. The van der Waals surface area contributed by atoms with Crippen LogP contribution in [-0.4, -0.2) is 44.3 Å². The normalized spacial score (nSPS) is 15.6. The number of nitrogen functional groups attached to an aromatic ring is 1. The van der Waals surface area contributed by atoms with Crippen LogP contribution in [-0.2, 0) is 7.05 Å². The van der Waals surface area contributed by atoms with Gasteiger partial charge in [-0.05, 0) is 43.6 Å². The Morgan fingerprint density at radius 3 is 2.61 bits per heavy atom. The van der Waals surface area contributed by atoms with Gasteiger partial charge in [0.2, 0.25) is 5.95 Å². The minimum Gasteiger partial charge on any atom is -0.368 e. The van der Waals surface area contributed by atoms with Gasteiger partial charge < -0.3 is 11.1 Å². The first-order valence-corrected chi connectivity index (χ1v) is 9.45. The molecule has 7 nitrogen and oxygen atoms in total. The maximum absolute atomic E-state index is 13.4. The Kier molecular flexibility index (Phi) is 5.21. The molecule has 0 bridgehead atoms. The van der Waals surface area contributed by atoms with E-state index in [0.29, 0.717) is 12.4 Å². The van der Waals surface area contributed by atoms with Crippen molar-refractivity contribution in [2.75, 3.05) is 30.7 Å². The molecule has 0 saturated carbocycles. The Hall–Kier alpha value is -3.00. The third-order valence-corrected chi connectivity index (χ3v) is 5.06. The lowest BCUT2D eigenvalue weighted by Gasteiger charge is -2.28. The number of rotatable bonds is 6. The van der Waals surface area contributed by atoms with E-state index >= 15 is 0 Å². The summed E-state index contributed by atoms with van der Waals surface area (Å²) in [4.78, 5) is 11.1. The summed E-state index contributed by atoms with van der Waals surface area (Å²) in [6.07, 6.45) is 6.00. The average molecular weight is 381 g/mol. The second kappa shape index (κ2) is 7.93. The highest BCUT2D eigenvalue weighted by molar-refractivity contribution is 5.62. The van der Waals surface area contributed by atoms with E-state index in [2.05, 4.69) is 25.3 Å². The highest BCUT2D eigenvalue weighted by Crippen LogP contribution is 2.26. The summed E-state index contributed by atoms with van der Waals surface area (Å²) in [7, 11) is 1.86. The third kappa shape index (κ3) is 4.12. The Balaban J connectivity index is 1.55. The smallest absolute Gasteiger partial charge is 0.222 e. The third-order valence-electron chi connectivity index (χ3n) is 5.06. The molecule has 0 spiro atoms. The molecule has 3 N–H and O–H groups in total. The van der Waals surface area contributed by atoms with Crippen LogP contribution in [0.2, 0.25) is 0 Å². The van der Waals surface area contributed by atoms with Crippen LogP contribution in [0, 0.1) is 5.82 Å². The first kappa shape index (κ1) is 18.4. The van der Waals surface area contributed by atoms with Gasteiger partial charge >= 0.3 is 0 Å². The molecule has 1 aliphatic rings. The van der Waals surface area contributed by atoms with Crippen LogP contribution in [0.4, 0.5) is 16.2 Å². The molecule has 1 aromatic carbocycles. The molecule has 1 atom stereocenters. The van der Waals surface area contributed by atoms with E-state index < -0.39 is 0 Å². The van der Waals surface area contributed by atoms with Crippen molar-refractivity contribution < 1.29 is 4.39 Å². The number of aryl methyl sites for hydroxylation is 1. The van der Waals surface area contributed by atoms with E-state index in [1.807, 2.05) is 31.4 Å². The van der Waals surface area contributed by atoms with E-state index in [1.165, 1.54) is 25.0 Å². The summed E-state index contributed by atoms with van der Waals surface area (Å²) in [5.74, 6) is 0.655. The molecule has 3 heterocycles. The van der Waals surface area contributed by atoms with Crippen molar-refractivity contribution in [2.24, 2.45) is 7.05 Å². The lowest BCUT2D eigenvalue weighted by molar-refractivity contribution is 0.255. The maximum atomic E-state index is 13.4. The second-order valence-corrected chi connectivity index (χ2v) is 7.09. The molecule has 146 valence electrons. The molecular weight excluding hydrogens is 357 g/mol. The molecular formula is C20H24FN7. The van der Waals surface area contributed by atoms with Crippen molar-refractivity contribution in [3.8, 4) is 11.3 Å². The predicted octanol–water partition coefficient (Wildman–Crippen LogP) is 2.85. The predicted molar refractivity (Wildman–Crippen MR) is 107 cm³/mol. The van der Waals surface area contributed by atoms with Crippen molar-refractivity contribution in [3.63, 3.8) is 0 Å². The molecule has 1 aliphatic heterocycles. The second-order valence-electron chi connectivity index (χ2n) is 7.09. The summed E-state index contributed by atoms with van der Waals surface area (Å²) < 4.78 is 15.1. The lowest BCUT2D eigenvalue weighted by Crippen LogP contribution is -2.31. The first-order valence-electron chi connectivity index (χ1n) is 9.45. The molecule has 2 aromatic heterocycles. The fourth-order valence-corrected chi connectivity index (χ4v) is 3.66. The molecule has 0 amide bonds. The zero-order valence-electron chi connectivity index (χ0n) is 15.8. The van der Waals surface area contributed by atoms with Crippen LogP contribution in [0.5, 0.6) is 0 Å². The minimum atomic E-state index is -0.221. The summed E-state index contributed by atoms with van der Waals surface area (Å²) in [5.41, 5.74) is 8.61. The van der Waals surface area contributed by atoms with Crippen LogP contribution in [0.15, 0.2) is 42.7 Å². The van der Waals surface area contributed by atoms with Crippen LogP contribution in [0.3, 0.4) is 0 Å². The molecule has 28 heavy (non-hydrogen) atoms. The highest BCUT2D eigenvalue weighted by Gasteiger charge is 2.23. The summed E-state index contributed by atoms with van der Waals surface area (Å²) in [6, 6.07) is 8.76. The summed E-state index contributed by atoms with van der Waals surface area (Å²) >= 11 is 0. The zero-order chi connectivity index (χ0) is 19.5. The van der Waals surface area contributed by atoms with Gasteiger partial charge in [0, 0.05) is 31.4 Å². The van der Waals surface area contributed by atoms with E-state index in [-0.39, 0.29) is 17.8 Å².